The molecule has 7 heteroatoms. The van der Waals surface area contributed by atoms with Gasteiger partial charge in [-0.25, -0.2) is 14.6 Å². The maximum atomic E-state index is 5.56. The van der Waals surface area contributed by atoms with Gasteiger partial charge in [0, 0.05) is 11.8 Å². The Morgan fingerprint density at radius 3 is 3.00 bits per heavy atom. The van der Waals surface area contributed by atoms with Crippen molar-refractivity contribution in [1.29, 1.82) is 0 Å². The number of piperidine rings is 1. The summed E-state index contributed by atoms with van der Waals surface area (Å²) in [6, 6.07) is 8.26. The third-order valence-electron chi connectivity index (χ3n) is 4.45. The lowest BCUT2D eigenvalue weighted by atomic mass is 10.1. The number of benzene rings is 1. The first-order valence-electron chi connectivity index (χ1n) is 8.74. The van der Waals surface area contributed by atoms with Crippen molar-refractivity contribution in [1.82, 2.24) is 25.1 Å². The Hall–Kier alpha value is -2.67. The Bertz CT molecular complexity index is 856. The number of fused-ring (bicyclic) bond motifs is 1. The van der Waals surface area contributed by atoms with Crippen molar-refractivity contribution in [3.05, 3.63) is 36.8 Å². The van der Waals surface area contributed by atoms with Gasteiger partial charge in [0.15, 0.2) is 5.65 Å². The highest BCUT2D eigenvalue weighted by Gasteiger charge is 2.19. The third-order valence-corrected chi connectivity index (χ3v) is 4.45. The number of anilines is 2. The van der Waals surface area contributed by atoms with E-state index < -0.39 is 0 Å². The molecule has 1 aromatic carbocycles. The van der Waals surface area contributed by atoms with E-state index in [0.717, 1.165) is 54.2 Å². The van der Waals surface area contributed by atoms with E-state index in [1.807, 2.05) is 42.1 Å². The lowest BCUT2D eigenvalue weighted by molar-refractivity contribution is 0.340. The van der Waals surface area contributed by atoms with Crippen LogP contribution in [0, 0.1) is 0 Å². The monoisotopic (exact) mass is 338 g/mol. The molecule has 1 fully saturated rings. The zero-order valence-electron chi connectivity index (χ0n) is 14.3. The second-order valence-electron chi connectivity index (χ2n) is 6.12. The number of nitrogens with one attached hydrogen (secondary N) is 2. The molecule has 1 saturated heterocycles. The summed E-state index contributed by atoms with van der Waals surface area (Å²) in [7, 11) is 0. The van der Waals surface area contributed by atoms with Crippen molar-refractivity contribution in [2.45, 2.75) is 25.8 Å². The van der Waals surface area contributed by atoms with Crippen molar-refractivity contribution < 1.29 is 4.74 Å². The molecular weight excluding hydrogens is 316 g/mol. The van der Waals surface area contributed by atoms with E-state index >= 15 is 0 Å². The van der Waals surface area contributed by atoms with Gasteiger partial charge >= 0.3 is 0 Å². The molecule has 7 nitrogen and oxygen atoms in total. The molecule has 2 N–H and O–H groups in total. The second-order valence-corrected chi connectivity index (χ2v) is 6.12. The van der Waals surface area contributed by atoms with Crippen molar-refractivity contribution >= 4 is 22.5 Å². The van der Waals surface area contributed by atoms with Gasteiger partial charge in [0.2, 0.25) is 0 Å². The highest BCUT2D eigenvalue weighted by molar-refractivity contribution is 5.88. The minimum atomic E-state index is 0.391. The number of rotatable bonds is 5. The van der Waals surface area contributed by atoms with E-state index in [-0.39, 0.29) is 0 Å². The van der Waals surface area contributed by atoms with Crippen LogP contribution in [0.1, 0.15) is 25.8 Å². The molecule has 0 saturated carbocycles. The van der Waals surface area contributed by atoms with Crippen LogP contribution < -0.4 is 15.4 Å². The topological polar surface area (TPSA) is 76.9 Å². The molecule has 0 atom stereocenters. The molecule has 0 spiro atoms. The summed E-state index contributed by atoms with van der Waals surface area (Å²) >= 11 is 0. The van der Waals surface area contributed by atoms with Crippen molar-refractivity contribution in [2.75, 3.05) is 25.0 Å². The standard InChI is InChI=1S/C18H22N6O/c1-2-25-15-5-3-4-13(10-15)23-17-16-11-22-24(18(16)21-12-20-17)14-6-8-19-9-7-14/h3-5,10-12,14,19H,2,6-9H2,1H3,(H,20,21,23). The first-order chi connectivity index (χ1) is 12.3. The molecule has 3 aromatic rings. The van der Waals surface area contributed by atoms with Crippen LogP contribution in [0.2, 0.25) is 0 Å². The Morgan fingerprint density at radius 2 is 2.16 bits per heavy atom. The minimum absolute atomic E-state index is 0.391. The number of nitrogens with zero attached hydrogens (tertiary/aromatic N) is 4. The predicted molar refractivity (Wildman–Crippen MR) is 97.4 cm³/mol. The Labute approximate surface area is 146 Å². The molecule has 130 valence electrons. The fourth-order valence-corrected chi connectivity index (χ4v) is 3.25. The van der Waals surface area contributed by atoms with Crippen molar-refractivity contribution in [3.63, 3.8) is 0 Å². The molecule has 4 rings (SSSR count). The molecule has 2 aromatic heterocycles. The van der Waals surface area contributed by atoms with E-state index in [9.17, 15) is 0 Å². The molecule has 0 unspecified atom stereocenters. The smallest absolute Gasteiger partial charge is 0.163 e. The lowest BCUT2D eigenvalue weighted by Gasteiger charge is -2.23. The molecule has 0 bridgehead atoms. The first-order valence-corrected chi connectivity index (χ1v) is 8.74. The molecular formula is C18H22N6O. The molecule has 1 aliphatic heterocycles. The van der Waals surface area contributed by atoms with Crippen LogP contribution in [-0.4, -0.2) is 39.4 Å². The summed E-state index contributed by atoms with van der Waals surface area (Å²) in [6.07, 6.45) is 5.59. The van der Waals surface area contributed by atoms with E-state index in [1.54, 1.807) is 6.33 Å². The Morgan fingerprint density at radius 1 is 1.28 bits per heavy atom. The van der Waals surface area contributed by atoms with Gasteiger partial charge in [-0.3, -0.25) is 0 Å². The highest BCUT2D eigenvalue weighted by atomic mass is 16.5. The van der Waals surface area contributed by atoms with Gasteiger partial charge in [-0.1, -0.05) is 6.07 Å². The normalized spacial score (nSPS) is 15.4. The average molecular weight is 338 g/mol. The average Bonchev–Trinajstić information content (AvgIpc) is 3.08. The van der Waals surface area contributed by atoms with Gasteiger partial charge < -0.3 is 15.4 Å². The molecule has 0 aliphatic carbocycles. The molecule has 25 heavy (non-hydrogen) atoms. The van der Waals surface area contributed by atoms with Gasteiger partial charge in [0.1, 0.15) is 17.9 Å². The first kappa shape index (κ1) is 15.8. The van der Waals surface area contributed by atoms with Gasteiger partial charge in [0.25, 0.3) is 0 Å². The van der Waals surface area contributed by atoms with E-state index in [1.165, 1.54) is 0 Å². The summed E-state index contributed by atoms with van der Waals surface area (Å²) < 4.78 is 7.60. The van der Waals surface area contributed by atoms with Crippen LogP contribution in [0.3, 0.4) is 0 Å². The summed E-state index contributed by atoms with van der Waals surface area (Å²) in [6.45, 7) is 4.66. The van der Waals surface area contributed by atoms with Gasteiger partial charge in [-0.15, -0.1) is 0 Å². The molecule has 3 heterocycles. The van der Waals surface area contributed by atoms with Gasteiger partial charge in [-0.2, -0.15) is 5.10 Å². The number of hydrogen-bond acceptors (Lipinski definition) is 6. The summed E-state index contributed by atoms with van der Waals surface area (Å²) in [5, 5.41) is 12.3. The van der Waals surface area contributed by atoms with Crippen LogP contribution in [0.25, 0.3) is 11.0 Å². The van der Waals surface area contributed by atoms with Crippen LogP contribution in [0.5, 0.6) is 5.75 Å². The number of aromatic nitrogens is 4. The van der Waals surface area contributed by atoms with Crippen molar-refractivity contribution in [2.24, 2.45) is 0 Å². The maximum Gasteiger partial charge on any atom is 0.163 e. The fourth-order valence-electron chi connectivity index (χ4n) is 3.25. The SMILES string of the molecule is CCOc1cccc(Nc2ncnc3c2cnn3C2CCNCC2)c1. The zero-order valence-corrected chi connectivity index (χ0v) is 14.3. The zero-order chi connectivity index (χ0) is 17.1. The molecule has 0 radical (unpaired) electrons. The van der Waals surface area contributed by atoms with Crippen LogP contribution >= 0.6 is 0 Å². The molecule has 0 amide bonds. The van der Waals surface area contributed by atoms with Gasteiger partial charge in [-0.05, 0) is 45.0 Å². The van der Waals surface area contributed by atoms with Crippen LogP contribution in [-0.2, 0) is 0 Å². The molecule has 1 aliphatic rings. The van der Waals surface area contributed by atoms with Crippen LogP contribution in [0.4, 0.5) is 11.5 Å². The number of hydrogen-bond donors (Lipinski definition) is 2. The van der Waals surface area contributed by atoms with Crippen LogP contribution in [0.15, 0.2) is 36.8 Å². The maximum absolute atomic E-state index is 5.56. The summed E-state index contributed by atoms with van der Waals surface area (Å²) in [5.74, 6) is 1.60. The third kappa shape index (κ3) is 3.28. The Kier molecular flexibility index (Phi) is 4.47. The predicted octanol–water partition coefficient (Wildman–Crippen LogP) is 2.89. The van der Waals surface area contributed by atoms with E-state index in [0.29, 0.717) is 12.6 Å². The minimum Gasteiger partial charge on any atom is -0.494 e. The number of ether oxygens (including phenoxy) is 1. The fraction of sp³-hybridized carbons (Fsp3) is 0.389. The van der Waals surface area contributed by atoms with E-state index in [2.05, 4.69) is 25.7 Å². The summed E-state index contributed by atoms with van der Waals surface area (Å²) in [5.41, 5.74) is 1.81. The van der Waals surface area contributed by atoms with Gasteiger partial charge in [0.05, 0.1) is 24.2 Å². The van der Waals surface area contributed by atoms with E-state index in [4.69, 9.17) is 4.74 Å². The Balaban J connectivity index is 1.64. The lowest BCUT2D eigenvalue weighted by Crippen LogP contribution is -2.29. The summed E-state index contributed by atoms with van der Waals surface area (Å²) in [4.78, 5) is 8.88. The second kappa shape index (κ2) is 7.06. The van der Waals surface area contributed by atoms with Crippen molar-refractivity contribution in [3.8, 4) is 5.75 Å². The quantitative estimate of drug-likeness (QED) is 0.745. The highest BCUT2D eigenvalue weighted by Crippen LogP contribution is 2.28. The largest absolute Gasteiger partial charge is 0.494 e.